The van der Waals surface area contributed by atoms with E-state index in [9.17, 15) is 4.79 Å². The number of nitrogens with zero attached hydrogens (tertiary/aromatic N) is 1. The zero-order valence-corrected chi connectivity index (χ0v) is 12.6. The lowest BCUT2D eigenvalue weighted by molar-refractivity contribution is -0.124. The predicted octanol–water partition coefficient (Wildman–Crippen LogP) is 2.80. The van der Waals surface area contributed by atoms with Gasteiger partial charge in [0.05, 0.1) is 0 Å². The van der Waals surface area contributed by atoms with Gasteiger partial charge in [-0.1, -0.05) is 38.1 Å². The summed E-state index contributed by atoms with van der Waals surface area (Å²) in [6.45, 7) is 4.47. The van der Waals surface area contributed by atoms with E-state index in [1.54, 1.807) is 5.01 Å². The third-order valence-corrected chi connectivity index (χ3v) is 2.88. The number of rotatable bonds is 7. The Hall–Kier alpha value is -1.35. The van der Waals surface area contributed by atoms with Crippen LogP contribution in [0.15, 0.2) is 24.3 Å². The van der Waals surface area contributed by atoms with Crippen molar-refractivity contribution in [1.29, 1.82) is 0 Å². The van der Waals surface area contributed by atoms with Crippen molar-refractivity contribution in [3.63, 3.8) is 0 Å². The van der Waals surface area contributed by atoms with Crippen molar-refractivity contribution in [3.05, 3.63) is 35.4 Å². The normalized spacial score (nSPS) is 11.1. The molecule has 0 saturated heterocycles. The van der Waals surface area contributed by atoms with E-state index in [2.05, 4.69) is 43.5 Å². The van der Waals surface area contributed by atoms with Crippen LogP contribution in [0, 0.1) is 5.92 Å². The molecule has 0 saturated carbocycles. The Morgan fingerprint density at radius 3 is 2.26 bits per heavy atom. The summed E-state index contributed by atoms with van der Waals surface area (Å²) >= 11 is 0. The second kappa shape index (κ2) is 7.95. The molecule has 1 amide bonds. The van der Waals surface area contributed by atoms with Gasteiger partial charge in [-0.3, -0.25) is 10.2 Å². The molecule has 0 aliphatic heterocycles. The number of hydrazine groups is 1. The van der Waals surface area contributed by atoms with Crippen LogP contribution in [0.4, 0.5) is 0 Å². The standard InChI is InChI=1S/C16H26N2O/c1-13(2)12-15-10-8-14(9-11-15)6-5-7-16(19)17-18(3)4/h8-11,13H,5-7,12H2,1-4H3,(H,17,19). The lowest BCUT2D eigenvalue weighted by Crippen LogP contribution is -2.35. The minimum absolute atomic E-state index is 0.0847. The van der Waals surface area contributed by atoms with Gasteiger partial charge in [-0.2, -0.15) is 0 Å². The molecule has 19 heavy (non-hydrogen) atoms. The minimum atomic E-state index is 0.0847. The fourth-order valence-corrected chi connectivity index (χ4v) is 2.07. The summed E-state index contributed by atoms with van der Waals surface area (Å²) in [5.41, 5.74) is 5.46. The molecule has 1 rings (SSSR count). The minimum Gasteiger partial charge on any atom is -0.289 e. The van der Waals surface area contributed by atoms with E-state index >= 15 is 0 Å². The molecular weight excluding hydrogens is 236 g/mol. The quantitative estimate of drug-likeness (QED) is 0.766. The summed E-state index contributed by atoms with van der Waals surface area (Å²) < 4.78 is 0. The van der Waals surface area contributed by atoms with Crippen LogP contribution >= 0.6 is 0 Å². The Labute approximate surface area is 117 Å². The van der Waals surface area contributed by atoms with E-state index in [0.717, 1.165) is 19.3 Å². The summed E-state index contributed by atoms with van der Waals surface area (Å²) in [7, 11) is 3.65. The van der Waals surface area contributed by atoms with Crippen LogP contribution in [-0.4, -0.2) is 25.0 Å². The predicted molar refractivity (Wildman–Crippen MR) is 79.8 cm³/mol. The molecule has 0 fully saturated rings. The molecule has 0 unspecified atom stereocenters. The SMILES string of the molecule is CC(C)Cc1ccc(CCCC(=O)NN(C)C)cc1. The smallest absolute Gasteiger partial charge is 0.234 e. The van der Waals surface area contributed by atoms with Crippen molar-refractivity contribution in [2.24, 2.45) is 5.92 Å². The monoisotopic (exact) mass is 262 g/mol. The average molecular weight is 262 g/mol. The van der Waals surface area contributed by atoms with Crippen LogP contribution in [0.3, 0.4) is 0 Å². The summed E-state index contributed by atoms with van der Waals surface area (Å²) in [6, 6.07) is 8.77. The van der Waals surface area contributed by atoms with Gasteiger partial charge in [0.15, 0.2) is 0 Å². The van der Waals surface area contributed by atoms with Gasteiger partial charge in [-0.05, 0) is 36.3 Å². The average Bonchev–Trinajstić information content (AvgIpc) is 2.29. The van der Waals surface area contributed by atoms with Crippen molar-refractivity contribution in [2.75, 3.05) is 14.1 Å². The molecule has 1 aromatic rings. The van der Waals surface area contributed by atoms with Crippen LogP contribution in [0.1, 0.15) is 37.8 Å². The highest BCUT2D eigenvalue weighted by molar-refractivity contribution is 5.75. The third-order valence-electron chi connectivity index (χ3n) is 2.88. The van der Waals surface area contributed by atoms with Gasteiger partial charge < -0.3 is 0 Å². The van der Waals surface area contributed by atoms with E-state index in [1.807, 2.05) is 14.1 Å². The number of aryl methyl sites for hydroxylation is 1. The maximum Gasteiger partial charge on any atom is 0.234 e. The van der Waals surface area contributed by atoms with E-state index in [0.29, 0.717) is 12.3 Å². The second-order valence-electron chi connectivity index (χ2n) is 5.70. The molecule has 3 heteroatoms. The molecule has 0 aliphatic carbocycles. The molecule has 0 bridgehead atoms. The summed E-state index contributed by atoms with van der Waals surface area (Å²) in [5.74, 6) is 0.780. The van der Waals surface area contributed by atoms with Crippen LogP contribution in [0.5, 0.6) is 0 Å². The Balaban J connectivity index is 2.32. The van der Waals surface area contributed by atoms with Gasteiger partial charge in [0.1, 0.15) is 0 Å². The largest absolute Gasteiger partial charge is 0.289 e. The molecule has 1 N–H and O–H groups in total. The number of benzene rings is 1. The van der Waals surface area contributed by atoms with E-state index in [1.165, 1.54) is 11.1 Å². The maximum absolute atomic E-state index is 11.5. The zero-order valence-electron chi connectivity index (χ0n) is 12.6. The second-order valence-corrected chi connectivity index (χ2v) is 5.70. The van der Waals surface area contributed by atoms with Gasteiger partial charge >= 0.3 is 0 Å². The molecule has 0 aromatic heterocycles. The molecule has 0 spiro atoms. The van der Waals surface area contributed by atoms with E-state index in [4.69, 9.17) is 0 Å². The summed E-state index contributed by atoms with van der Waals surface area (Å²) in [5, 5.41) is 1.68. The number of carbonyl (C=O) groups is 1. The summed E-state index contributed by atoms with van der Waals surface area (Å²) in [6.07, 6.45) is 3.56. The topological polar surface area (TPSA) is 32.3 Å². The third kappa shape index (κ3) is 6.97. The van der Waals surface area contributed by atoms with Gasteiger partial charge in [0, 0.05) is 20.5 Å². The Bertz CT molecular complexity index is 382. The van der Waals surface area contributed by atoms with Gasteiger partial charge in [-0.25, -0.2) is 5.01 Å². The van der Waals surface area contributed by atoms with Gasteiger partial charge in [-0.15, -0.1) is 0 Å². The van der Waals surface area contributed by atoms with Crippen molar-refractivity contribution in [3.8, 4) is 0 Å². The lowest BCUT2D eigenvalue weighted by atomic mass is 10.00. The molecule has 3 nitrogen and oxygen atoms in total. The molecule has 1 aromatic carbocycles. The van der Waals surface area contributed by atoms with Crippen molar-refractivity contribution < 1.29 is 4.79 Å². The summed E-state index contributed by atoms with van der Waals surface area (Å²) in [4.78, 5) is 11.5. The fraction of sp³-hybridized carbons (Fsp3) is 0.562. The molecule has 106 valence electrons. The van der Waals surface area contributed by atoms with Gasteiger partial charge in [0.2, 0.25) is 5.91 Å². The van der Waals surface area contributed by atoms with Crippen molar-refractivity contribution >= 4 is 5.91 Å². The van der Waals surface area contributed by atoms with E-state index < -0.39 is 0 Å². The first-order chi connectivity index (χ1) is 8.97. The highest BCUT2D eigenvalue weighted by atomic mass is 16.2. The first-order valence-corrected chi connectivity index (χ1v) is 7.02. The number of amides is 1. The van der Waals surface area contributed by atoms with Crippen LogP contribution in [-0.2, 0) is 17.6 Å². The fourth-order valence-electron chi connectivity index (χ4n) is 2.07. The van der Waals surface area contributed by atoms with Crippen molar-refractivity contribution in [2.45, 2.75) is 39.5 Å². The highest BCUT2D eigenvalue weighted by Crippen LogP contribution is 2.11. The molecule has 0 atom stereocenters. The lowest BCUT2D eigenvalue weighted by Gasteiger charge is -2.11. The number of hydrogen-bond acceptors (Lipinski definition) is 2. The Morgan fingerprint density at radius 1 is 1.16 bits per heavy atom. The Kier molecular flexibility index (Phi) is 6.57. The number of carbonyl (C=O) groups excluding carboxylic acids is 1. The van der Waals surface area contributed by atoms with Gasteiger partial charge in [0.25, 0.3) is 0 Å². The molecular formula is C16H26N2O. The molecule has 0 aliphatic rings. The Morgan fingerprint density at radius 2 is 1.74 bits per heavy atom. The number of hydrogen-bond donors (Lipinski definition) is 1. The van der Waals surface area contributed by atoms with E-state index in [-0.39, 0.29) is 5.91 Å². The first-order valence-electron chi connectivity index (χ1n) is 7.02. The van der Waals surface area contributed by atoms with Crippen LogP contribution < -0.4 is 5.43 Å². The van der Waals surface area contributed by atoms with Crippen molar-refractivity contribution in [1.82, 2.24) is 10.4 Å². The first kappa shape index (κ1) is 15.7. The van der Waals surface area contributed by atoms with Crippen LogP contribution in [0.2, 0.25) is 0 Å². The van der Waals surface area contributed by atoms with Crippen LogP contribution in [0.25, 0.3) is 0 Å². The number of nitrogens with one attached hydrogen (secondary N) is 1. The molecule has 0 heterocycles. The highest BCUT2D eigenvalue weighted by Gasteiger charge is 2.03. The zero-order chi connectivity index (χ0) is 14.3. The molecule has 0 radical (unpaired) electrons. The maximum atomic E-state index is 11.5.